The van der Waals surface area contributed by atoms with Crippen LogP contribution in [0.5, 0.6) is 0 Å². The van der Waals surface area contributed by atoms with E-state index in [2.05, 4.69) is 31.0 Å². The molecule has 3 nitrogen and oxygen atoms in total. The Morgan fingerprint density at radius 1 is 1.29 bits per heavy atom. The molecule has 0 bridgehead atoms. The summed E-state index contributed by atoms with van der Waals surface area (Å²) in [5, 5.41) is 3.45. The predicted molar refractivity (Wildman–Crippen MR) is 73.3 cm³/mol. The van der Waals surface area contributed by atoms with Gasteiger partial charge in [-0.3, -0.25) is 0 Å². The van der Waals surface area contributed by atoms with Crippen LogP contribution >= 0.6 is 0 Å². The summed E-state index contributed by atoms with van der Waals surface area (Å²) >= 11 is 0. The van der Waals surface area contributed by atoms with Gasteiger partial charge in [-0.15, -0.1) is 0 Å². The van der Waals surface area contributed by atoms with Gasteiger partial charge >= 0.3 is 0 Å². The summed E-state index contributed by atoms with van der Waals surface area (Å²) in [7, 11) is 1.81. The van der Waals surface area contributed by atoms with Crippen molar-refractivity contribution in [2.24, 2.45) is 11.8 Å². The van der Waals surface area contributed by atoms with E-state index in [-0.39, 0.29) is 0 Å². The van der Waals surface area contributed by atoms with Crippen LogP contribution in [-0.2, 0) is 4.74 Å². The van der Waals surface area contributed by atoms with Crippen LogP contribution in [0.25, 0.3) is 0 Å². The van der Waals surface area contributed by atoms with Gasteiger partial charge in [-0.2, -0.15) is 0 Å². The molecule has 0 aromatic heterocycles. The van der Waals surface area contributed by atoms with Gasteiger partial charge in [0.2, 0.25) is 0 Å². The fraction of sp³-hybridized carbons (Fsp3) is 1.00. The summed E-state index contributed by atoms with van der Waals surface area (Å²) in [5.41, 5.74) is 0. The number of piperidine rings is 1. The summed E-state index contributed by atoms with van der Waals surface area (Å²) in [5.74, 6) is 1.52. The molecule has 1 aliphatic rings. The highest BCUT2D eigenvalue weighted by atomic mass is 16.5. The van der Waals surface area contributed by atoms with Crippen LogP contribution in [0.2, 0.25) is 0 Å². The average Bonchev–Trinajstić information content (AvgIpc) is 2.36. The molecule has 2 atom stereocenters. The maximum Gasteiger partial charge on any atom is 0.0491 e. The molecule has 0 radical (unpaired) electrons. The number of nitrogens with zero attached hydrogens (tertiary/aromatic N) is 1. The first kappa shape index (κ1) is 14.9. The lowest BCUT2D eigenvalue weighted by Gasteiger charge is -2.38. The number of rotatable bonds is 7. The van der Waals surface area contributed by atoms with E-state index < -0.39 is 0 Å². The van der Waals surface area contributed by atoms with Crippen LogP contribution < -0.4 is 5.32 Å². The summed E-state index contributed by atoms with van der Waals surface area (Å²) in [6.45, 7) is 12.5. The quantitative estimate of drug-likeness (QED) is 0.739. The number of nitrogens with one attached hydrogen (secondary N) is 1. The zero-order valence-corrected chi connectivity index (χ0v) is 12.0. The van der Waals surface area contributed by atoms with Crippen molar-refractivity contribution in [1.82, 2.24) is 10.2 Å². The molecule has 0 saturated carbocycles. The van der Waals surface area contributed by atoms with Gasteiger partial charge in [-0.05, 0) is 57.8 Å². The number of hydrogen-bond acceptors (Lipinski definition) is 3. The Morgan fingerprint density at radius 2 is 1.94 bits per heavy atom. The lowest BCUT2D eigenvalue weighted by molar-refractivity contribution is 0.0695. The van der Waals surface area contributed by atoms with E-state index >= 15 is 0 Å². The topological polar surface area (TPSA) is 24.5 Å². The Bertz CT molecular complexity index is 191. The van der Waals surface area contributed by atoms with Crippen molar-refractivity contribution in [2.45, 2.75) is 39.7 Å². The van der Waals surface area contributed by atoms with Crippen LogP contribution in [-0.4, -0.2) is 50.8 Å². The van der Waals surface area contributed by atoms with Gasteiger partial charge in [0.05, 0.1) is 0 Å². The van der Waals surface area contributed by atoms with Crippen molar-refractivity contribution in [3.8, 4) is 0 Å². The van der Waals surface area contributed by atoms with Gasteiger partial charge in [0.15, 0.2) is 0 Å². The summed E-state index contributed by atoms with van der Waals surface area (Å²) in [6, 6.07) is 0.692. The minimum absolute atomic E-state index is 0.692. The summed E-state index contributed by atoms with van der Waals surface area (Å²) in [4.78, 5) is 2.65. The maximum atomic E-state index is 5.25. The van der Waals surface area contributed by atoms with Crippen molar-refractivity contribution in [2.75, 3.05) is 39.9 Å². The molecule has 0 amide bonds. The Balaban J connectivity index is 2.27. The minimum Gasteiger partial charge on any atom is -0.384 e. The van der Waals surface area contributed by atoms with Gasteiger partial charge in [-0.1, -0.05) is 13.8 Å². The van der Waals surface area contributed by atoms with Crippen molar-refractivity contribution in [1.29, 1.82) is 0 Å². The van der Waals surface area contributed by atoms with E-state index in [4.69, 9.17) is 4.74 Å². The SMILES string of the molecule is CCNCC(C)C(C)N1CCC(COC)CC1. The predicted octanol–water partition coefficient (Wildman–Crippen LogP) is 1.98. The van der Waals surface area contributed by atoms with Crippen LogP contribution in [0.3, 0.4) is 0 Å². The second kappa shape index (κ2) is 8.06. The molecule has 0 aromatic rings. The van der Waals surface area contributed by atoms with Gasteiger partial charge in [0.1, 0.15) is 0 Å². The van der Waals surface area contributed by atoms with Gasteiger partial charge in [0.25, 0.3) is 0 Å². The maximum absolute atomic E-state index is 5.25. The molecule has 0 aliphatic carbocycles. The Kier molecular flexibility index (Phi) is 7.09. The molecule has 2 unspecified atom stereocenters. The first-order valence-electron chi connectivity index (χ1n) is 7.12. The largest absolute Gasteiger partial charge is 0.384 e. The second-order valence-electron chi connectivity index (χ2n) is 5.46. The molecule has 1 saturated heterocycles. The van der Waals surface area contributed by atoms with E-state index in [1.165, 1.54) is 25.9 Å². The number of hydrogen-bond donors (Lipinski definition) is 1. The van der Waals surface area contributed by atoms with Crippen LogP contribution in [0.15, 0.2) is 0 Å². The third-order valence-electron chi connectivity index (χ3n) is 4.17. The van der Waals surface area contributed by atoms with E-state index in [0.29, 0.717) is 6.04 Å². The number of likely N-dealkylation sites (tertiary alicyclic amines) is 1. The lowest BCUT2D eigenvalue weighted by atomic mass is 9.94. The normalized spacial score (nSPS) is 22.6. The number of methoxy groups -OCH3 is 1. The van der Waals surface area contributed by atoms with E-state index in [1.54, 1.807) is 0 Å². The molecule has 0 spiro atoms. The monoisotopic (exact) mass is 242 g/mol. The fourth-order valence-corrected chi connectivity index (χ4v) is 2.67. The van der Waals surface area contributed by atoms with Gasteiger partial charge < -0.3 is 15.0 Å². The van der Waals surface area contributed by atoms with Crippen molar-refractivity contribution >= 4 is 0 Å². The highest BCUT2D eigenvalue weighted by molar-refractivity contribution is 4.79. The van der Waals surface area contributed by atoms with E-state index in [9.17, 15) is 0 Å². The molecule has 102 valence electrons. The molecular weight excluding hydrogens is 212 g/mol. The van der Waals surface area contributed by atoms with E-state index in [1.807, 2.05) is 7.11 Å². The van der Waals surface area contributed by atoms with E-state index in [0.717, 1.165) is 31.5 Å². The third kappa shape index (κ3) is 4.94. The fourth-order valence-electron chi connectivity index (χ4n) is 2.67. The Hall–Kier alpha value is -0.120. The smallest absolute Gasteiger partial charge is 0.0491 e. The molecule has 0 aromatic carbocycles. The molecule has 17 heavy (non-hydrogen) atoms. The van der Waals surface area contributed by atoms with Gasteiger partial charge in [0, 0.05) is 19.8 Å². The first-order chi connectivity index (χ1) is 8.19. The van der Waals surface area contributed by atoms with Crippen LogP contribution in [0.1, 0.15) is 33.6 Å². The molecule has 1 heterocycles. The zero-order chi connectivity index (χ0) is 12.7. The summed E-state index contributed by atoms with van der Waals surface area (Å²) in [6.07, 6.45) is 2.60. The molecule has 1 fully saturated rings. The highest BCUT2D eigenvalue weighted by Gasteiger charge is 2.25. The molecular formula is C14H30N2O. The highest BCUT2D eigenvalue weighted by Crippen LogP contribution is 2.21. The molecule has 1 aliphatic heterocycles. The average molecular weight is 242 g/mol. The standard InChI is InChI=1S/C14H30N2O/c1-5-15-10-12(2)13(3)16-8-6-14(7-9-16)11-17-4/h12-15H,5-11H2,1-4H3. The van der Waals surface area contributed by atoms with Crippen LogP contribution in [0.4, 0.5) is 0 Å². The first-order valence-corrected chi connectivity index (χ1v) is 7.12. The lowest BCUT2D eigenvalue weighted by Crippen LogP contribution is -2.45. The van der Waals surface area contributed by atoms with Crippen molar-refractivity contribution in [3.05, 3.63) is 0 Å². The van der Waals surface area contributed by atoms with Crippen LogP contribution in [0, 0.1) is 11.8 Å². The molecule has 1 N–H and O–H groups in total. The number of ether oxygens (including phenoxy) is 1. The second-order valence-corrected chi connectivity index (χ2v) is 5.46. The molecule has 1 rings (SSSR count). The van der Waals surface area contributed by atoms with Crippen molar-refractivity contribution < 1.29 is 4.74 Å². The van der Waals surface area contributed by atoms with Gasteiger partial charge in [-0.25, -0.2) is 0 Å². The zero-order valence-electron chi connectivity index (χ0n) is 12.0. The van der Waals surface area contributed by atoms with Crippen molar-refractivity contribution in [3.63, 3.8) is 0 Å². The minimum atomic E-state index is 0.692. The Morgan fingerprint density at radius 3 is 2.47 bits per heavy atom. The third-order valence-corrected chi connectivity index (χ3v) is 4.17. The molecule has 3 heteroatoms. The summed E-state index contributed by atoms with van der Waals surface area (Å²) < 4.78 is 5.25. The Labute approximate surface area is 107 Å².